The molecule has 0 spiro atoms. The molecule has 29 heavy (non-hydrogen) atoms. The van der Waals surface area contributed by atoms with E-state index in [0.717, 1.165) is 10.1 Å². The minimum atomic E-state index is -0.607. The van der Waals surface area contributed by atoms with Crippen LogP contribution in [0.2, 0.25) is 0 Å². The van der Waals surface area contributed by atoms with Gasteiger partial charge in [0, 0.05) is 19.3 Å². The van der Waals surface area contributed by atoms with Crippen molar-refractivity contribution in [3.63, 3.8) is 0 Å². The summed E-state index contributed by atoms with van der Waals surface area (Å²) in [7, 11) is 0. The second-order valence-electron chi connectivity index (χ2n) is 6.61. The van der Waals surface area contributed by atoms with Gasteiger partial charge in [0.2, 0.25) is 0 Å². The smallest absolute Gasteiger partial charge is 0.332 e. The van der Waals surface area contributed by atoms with Gasteiger partial charge in [-0.05, 0) is 18.9 Å². The van der Waals surface area contributed by atoms with Gasteiger partial charge >= 0.3 is 5.69 Å². The molecule has 0 atom stereocenters. The largest absolute Gasteiger partial charge is 0.383 e. The maximum atomic E-state index is 12.7. The van der Waals surface area contributed by atoms with E-state index in [0.29, 0.717) is 13.0 Å². The number of nitrogens with one attached hydrogen (secondary N) is 1. The first-order chi connectivity index (χ1) is 14.0. The molecule has 9 heteroatoms. The third kappa shape index (κ3) is 4.13. The maximum absolute atomic E-state index is 12.7. The van der Waals surface area contributed by atoms with Gasteiger partial charge in [-0.2, -0.15) is 5.10 Å². The Morgan fingerprint density at radius 2 is 1.86 bits per heavy atom. The fraction of sp³-hybridized carbons (Fsp3) is 0.300. The summed E-state index contributed by atoms with van der Waals surface area (Å²) in [4.78, 5) is 37.8. The van der Waals surface area contributed by atoms with Crippen LogP contribution in [0.1, 0.15) is 36.2 Å². The summed E-state index contributed by atoms with van der Waals surface area (Å²) in [5.41, 5.74) is 6.16. The third-order valence-electron chi connectivity index (χ3n) is 4.55. The van der Waals surface area contributed by atoms with Crippen LogP contribution in [-0.2, 0) is 19.6 Å². The van der Waals surface area contributed by atoms with Crippen LogP contribution < -0.4 is 22.3 Å². The standard InChI is InChI=1S/C20H24N6O3/c1-3-10-26-19(28)16(17(21)25(4-2)20(26)29)23-18(27)15-11-22-24(13-15)12-14-8-6-5-7-9-14/h5-9,11,13H,3-4,10,12,21H2,1-2H3,(H,23,27). The highest BCUT2D eigenvalue weighted by Crippen LogP contribution is 2.13. The average molecular weight is 396 g/mol. The Labute approximate surface area is 167 Å². The van der Waals surface area contributed by atoms with Crippen molar-refractivity contribution in [3.8, 4) is 0 Å². The van der Waals surface area contributed by atoms with Gasteiger partial charge in [0.1, 0.15) is 11.5 Å². The lowest BCUT2D eigenvalue weighted by Gasteiger charge is -2.15. The predicted octanol–water partition coefficient (Wildman–Crippen LogP) is 1.52. The average Bonchev–Trinajstić information content (AvgIpc) is 3.18. The van der Waals surface area contributed by atoms with Gasteiger partial charge in [0.05, 0.1) is 18.3 Å². The molecule has 1 aromatic carbocycles. The number of rotatable bonds is 7. The molecule has 3 aromatic rings. The Balaban J connectivity index is 1.88. The molecule has 9 nitrogen and oxygen atoms in total. The molecule has 0 aliphatic rings. The van der Waals surface area contributed by atoms with Crippen molar-refractivity contribution in [3.05, 3.63) is 74.7 Å². The van der Waals surface area contributed by atoms with Crippen LogP contribution in [0.5, 0.6) is 0 Å². The third-order valence-corrected chi connectivity index (χ3v) is 4.55. The normalized spacial score (nSPS) is 10.8. The molecule has 1 amide bonds. The van der Waals surface area contributed by atoms with E-state index >= 15 is 0 Å². The number of nitrogens with zero attached hydrogens (tertiary/aromatic N) is 4. The Hall–Kier alpha value is -3.62. The van der Waals surface area contributed by atoms with Crippen molar-refractivity contribution in [2.45, 2.75) is 39.9 Å². The second-order valence-corrected chi connectivity index (χ2v) is 6.61. The van der Waals surface area contributed by atoms with E-state index in [2.05, 4.69) is 10.4 Å². The molecule has 3 rings (SSSR count). The Kier molecular flexibility index (Phi) is 5.96. The number of hydrogen-bond acceptors (Lipinski definition) is 5. The molecule has 0 fully saturated rings. The van der Waals surface area contributed by atoms with Gasteiger partial charge in [0.25, 0.3) is 11.5 Å². The first-order valence-corrected chi connectivity index (χ1v) is 9.47. The van der Waals surface area contributed by atoms with Crippen LogP contribution in [0.3, 0.4) is 0 Å². The highest BCUT2D eigenvalue weighted by atomic mass is 16.2. The fourth-order valence-electron chi connectivity index (χ4n) is 3.08. The summed E-state index contributed by atoms with van der Waals surface area (Å²) in [6.07, 6.45) is 3.62. The van der Waals surface area contributed by atoms with Gasteiger partial charge in [-0.15, -0.1) is 0 Å². The number of carbonyl (C=O) groups excluding carboxylic acids is 1. The number of nitrogens with two attached hydrogens (primary N) is 1. The molecule has 2 heterocycles. The Morgan fingerprint density at radius 1 is 1.14 bits per heavy atom. The van der Waals surface area contributed by atoms with Crippen molar-refractivity contribution in [1.29, 1.82) is 0 Å². The van der Waals surface area contributed by atoms with Crippen LogP contribution in [0.25, 0.3) is 0 Å². The highest BCUT2D eigenvalue weighted by Gasteiger charge is 2.19. The Morgan fingerprint density at radius 3 is 2.52 bits per heavy atom. The van der Waals surface area contributed by atoms with Gasteiger partial charge in [0.15, 0.2) is 0 Å². The number of hydrogen-bond donors (Lipinski definition) is 2. The predicted molar refractivity (Wildman–Crippen MR) is 111 cm³/mol. The zero-order valence-corrected chi connectivity index (χ0v) is 16.5. The number of aromatic nitrogens is 4. The van der Waals surface area contributed by atoms with Crippen molar-refractivity contribution in [2.75, 3.05) is 11.1 Å². The quantitative estimate of drug-likeness (QED) is 0.628. The van der Waals surface area contributed by atoms with Crippen molar-refractivity contribution in [1.82, 2.24) is 18.9 Å². The van der Waals surface area contributed by atoms with Crippen LogP contribution >= 0.6 is 0 Å². The minimum absolute atomic E-state index is 0.0557. The van der Waals surface area contributed by atoms with E-state index in [1.54, 1.807) is 17.8 Å². The van der Waals surface area contributed by atoms with Crippen LogP contribution in [0, 0.1) is 0 Å². The SMILES string of the molecule is CCCn1c(=O)c(NC(=O)c2cnn(Cc3ccccc3)c2)c(N)n(CC)c1=O. The second kappa shape index (κ2) is 8.59. The molecule has 0 saturated heterocycles. The summed E-state index contributed by atoms with van der Waals surface area (Å²) < 4.78 is 4.00. The number of nitrogen functional groups attached to an aromatic ring is 1. The summed E-state index contributed by atoms with van der Waals surface area (Å²) in [6, 6.07) is 9.72. The zero-order valence-electron chi connectivity index (χ0n) is 16.5. The van der Waals surface area contributed by atoms with Crippen LogP contribution in [-0.4, -0.2) is 24.8 Å². The Bertz CT molecular complexity index is 1130. The number of benzene rings is 1. The molecule has 0 saturated carbocycles. The van der Waals surface area contributed by atoms with Crippen molar-refractivity contribution < 1.29 is 4.79 Å². The van der Waals surface area contributed by atoms with Gasteiger partial charge in [-0.3, -0.25) is 23.4 Å². The minimum Gasteiger partial charge on any atom is -0.383 e. The zero-order chi connectivity index (χ0) is 21.0. The molecule has 0 radical (unpaired) electrons. The summed E-state index contributed by atoms with van der Waals surface area (Å²) >= 11 is 0. The molecule has 0 aliphatic heterocycles. The summed E-state index contributed by atoms with van der Waals surface area (Å²) in [5.74, 6) is -0.572. The van der Waals surface area contributed by atoms with E-state index in [-0.39, 0.29) is 30.2 Å². The molecule has 0 aliphatic carbocycles. The number of carbonyl (C=O) groups is 1. The molecule has 2 aromatic heterocycles. The first kappa shape index (κ1) is 20.1. The summed E-state index contributed by atoms with van der Waals surface area (Å²) in [6.45, 7) is 4.65. The van der Waals surface area contributed by atoms with E-state index in [4.69, 9.17) is 5.73 Å². The van der Waals surface area contributed by atoms with Crippen molar-refractivity contribution >= 4 is 17.4 Å². The lowest BCUT2D eigenvalue weighted by Crippen LogP contribution is -2.42. The van der Waals surface area contributed by atoms with Crippen LogP contribution in [0.4, 0.5) is 11.5 Å². The van der Waals surface area contributed by atoms with Crippen LogP contribution in [0.15, 0.2) is 52.3 Å². The fourth-order valence-corrected chi connectivity index (χ4v) is 3.08. The highest BCUT2D eigenvalue weighted by molar-refractivity contribution is 6.05. The van der Waals surface area contributed by atoms with E-state index in [1.807, 2.05) is 37.3 Å². The number of amides is 1. The van der Waals surface area contributed by atoms with Crippen molar-refractivity contribution in [2.24, 2.45) is 0 Å². The van der Waals surface area contributed by atoms with E-state index < -0.39 is 17.2 Å². The lowest BCUT2D eigenvalue weighted by molar-refractivity contribution is 0.102. The molecular formula is C20H24N6O3. The summed E-state index contributed by atoms with van der Waals surface area (Å²) in [5, 5.41) is 6.76. The van der Waals surface area contributed by atoms with Gasteiger partial charge in [-0.25, -0.2) is 4.79 Å². The molecule has 0 bridgehead atoms. The molecule has 152 valence electrons. The van der Waals surface area contributed by atoms with E-state index in [9.17, 15) is 14.4 Å². The van der Waals surface area contributed by atoms with Gasteiger partial charge < -0.3 is 11.1 Å². The van der Waals surface area contributed by atoms with E-state index in [1.165, 1.54) is 10.8 Å². The topological polar surface area (TPSA) is 117 Å². The molecule has 0 unspecified atom stereocenters. The monoisotopic (exact) mass is 396 g/mol. The molecule has 3 N–H and O–H groups in total. The molecular weight excluding hydrogens is 372 g/mol. The van der Waals surface area contributed by atoms with Gasteiger partial charge in [-0.1, -0.05) is 37.3 Å². The maximum Gasteiger partial charge on any atom is 0.332 e. The number of anilines is 2. The lowest BCUT2D eigenvalue weighted by atomic mass is 10.2. The first-order valence-electron chi connectivity index (χ1n) is 9.47.